The van der Waals surface area contributed by atoms with Gasteiger partial charge in [0.2, 0.25) is 0 Å². The lowest BCUT2D eigenvalue weighted by atomic mass is 10.2. The van der Waals surface area contributed by atoms with Crippen molar-refractivity contribution in [1.29, 1.82) is 0 Å². The molecule has 1 unspecified atom stereocenters. The largest absolute Gasteiger partial charge is 0.495 e. The predicted octanol–water partition coefficient (Wildman–Crippen LogP) is 2.13. The first-order valence-corrected chi connectivity index (χ1v) is 4.13. The number of terminal acetylenes is 1. The molecule has 0 fully saturated rings. The number of hydrogen-bond donors (Lipinski definition) is 1. The molecule has 1 aromatic carbocycles. The lowest BCUT2D eigenvalue weighted by Gasteiger charge is -2.12. The van der Waals surface area contributed by atoms with Gasteiger partial charge in [0, 0.05) is 0 Å². The van der Waals surface area contributed by atoms with Crippen LogP contribution in [0.4, 0.5) is 5.69 Å². The number of methoxy groups -OCH3 is 1. The molecule has 0 heterocycles. The maximum absolute atomic E-state index is 5.26. The van der Waals surface area contributed by atoms with Gasteiger partial charge in [0.25, 0.3) is 0 Å². The highest BCUT2D eigenvalue weighted by Crippen LogP contribution is 2.23. The molecule has 0 bridgehead atoms. The molecule has 1 N–H and O–H groups in total. The zero-order valence-corrected chi connectivity index (χ0v) is 7.87. The van der Waals surface area contributed by atoms with Crippen molar-refractivity contribution in [3.63, 3.8) is 0 Å². The molecule has 0 saturated heterocycles. The summed E-state index contributed by atoms with van der Waals surface area (Å²) in [5.74, 6) is 3.41. The Labute approximate surface area is 78.9 Å². The quantitative estimate of drug-likeness (QED) is 0.710. The van der Waals surface area contributed by atoms with Crippen molar-refractivity contribution in [3.8, 4) is 18.1 Å². The van der Waals surface area contributed by atoms with E-state index in [0.717, 1.165) is 11.4 Å². The maximum atomic E-state index is 5.26. The summed E-state index contributed by atoms with van der Waals surface area (Å²) in [6, 6.07) is 7.70. The van der Waals surface area contributed by atoms with Crippen LogP contribution in [0.1, 0.15) is 6.92 Å². The van der Waals surface area contributed by atoms with Crippen LogP contribution in [0.15, 0.2) is 24.3 Å². The number of rotatable bonds is 3. The molecular weight excluding hydrogens is 162 g/mol. The SMILES string of the molecule is C#CC(C)Nc1ccccc1OC. The summed E-state index contributed by atoms with van der Waals surface area (Å²) in [5.41, 5.74) is 0.926. The van der Waals surface area contributed by atoms with E-state index >= 15 is 0 Å². The van der Waals surface area contributed by atoms with Crippen LogP contribution in [-0.4, -0.2) is 13.2 Å². The van der Waals surface area contributed by atoms with Crippen LogP contribution >= 0.6 is 0 Å². The molecule has 0 amide bonds. The van der Waals surface area contributed by atoms with Crippen LogP contribution in [0, 0.1) is 12.3 Å². The molecule has 0 spiro atoms. The first-order valence-electron chi connectivity index (χ1n) is 4.13. The Bertz CT molecular complexity index is 314. The standard InChI is InChI=1S/C11H13NO/c1-4-9(2)12-10-7-5-6-8-11(10)13-3/h1,5-9,12H,2-3H3. The Hall–Kier alpha value is -1.62. The van der Waals surface area contributed by atoms with Crippen LogP contribution < -0.4 is 10.1 Å². The molecule has 1 atom stereocenters. The molecular formula is C11H13NO. The fourth-order valence-corrected chi connectivity index (χ4v) is 1.04. The molecule has 0 aromatic heterocycles. The van der Waals surface area contributed by atoms with Crippen molar-refractivity contribution in [2.24, 2.45) is 0 Å². The van der Waals surface area contributed by atoms with Crippen molar-refractivity contribution in [2.75, 3.05) is 12.4 Å². The number of hydrogen-bond acceptors (Lipinski definition) is 2. The van der Waals surface area contributed by atoms with E-state index in [-0.39, 0.29) is 6.04 Å². The van der Waals surface area contributed by atoms with Crippen LogP contribution in [0.5, 0.6) is 5.75 Å². The van der Waals surface area contributed by atoms with E-state index in [9.17, 15) is 0 Å². The minimum Gasteiger partial charge on any atom is -0.495 e. The Morgan fingerprint density at radius 3 is 2.77 bits per heavy atom. The minimum atomic E-state index is 0.0105. The number of nitrogens with one attached hydrogen (secondary N) is 1. The van der Waals surface area contributed by atoms with Gasteiger partial charge in [-0.2, -0.15) is 0 Å². The second-order valence-electron chi connectivity index (χ2n) is 2.73. The van der Waals surface area contributed by atoms with Gasteiger partial charge < -0.3 is 10.1 Å². The van der Waals surface area contributed by atoms with Crippen LogP contribution in [0.25, 0.3) is 0 Å². The lowest BCUT2D eigenvalue weighted by molar-refractivity contribution is 0.416. The van der Waals surface area contributed by atoms with Crippen LogP contribution in [-0.2, 0) is 0 Å². The smallest absolute Gasteiger partial charge is 0.141 e. The molecule has 0 aliphatic rings. The molecule has 1 aromatic rings. The molecule has 0 aliphatic carbocycles. The predicted molar refractivity (Wildman–Crippen MR) is 54.9 cm³/mol. The van der Waals surface area contributed by atoms with Gasteiger partial charge >= 0.3 is 0 Å². The average molecular weight is 175 g/mol. The van der Waals surface area contributed by atoms with E-state index < -0.39 is 0 Å². The fraction of sp³-hybridized carbons (Fsp3) is 0.273. The second kappa shape index (κ2) is 4.42. The van der Waals surface area contributed by atoms with E-state index in [0.29, 0.717) is 0 Å². The molecule has 1 rings (SSSR count). The molecule has 13 heavy (non-hydrogen) atoms. The van der Waals surface area contributed by atoms with Gasteiger partial charge in [0.05, 0.1) is 18.8 Å². The third-order valence-corrected chi connectivity index (χ3v) is 1.73. The number of ether oxygens (including phenoxy) is 1. The van der Waals surface area contributed by atoms with E-state index in [4.69, 9.17) is 11.2 Å². The van der Waals surface area contributed by atoms with Crippen molar-refractivity contribution in [1.82, 2.24) is 0 Å². The zero-order valence-electron chi connectivity index (χ0n) is 7.87. The molecule has 2 nitrogen and oxygen atoms in total. The molecule has 2 heteroatoms. The van der Waals surface area contributed by atoms with E-state index in [1.54, 1.807) is 7.11 Å². The second-order valence-corrected chi connectivity index (χ2v) is 2.73. The van der Waals surface area contributed by atoms with E-state index in [2.05, 4.69) is 11.2 Å². The summed E-state index contributed by atoms with van der Waals surface area (Å²) in [7, 11) is 1.64. The lowest BCUT2D eigenvalue weighted by Crippen LogP contribution is -2.12. The number of para-hydroxylation sites is 2. The normalized spacial score (nSPS) is 11.5. The first-order chi connectivity index (χ1) is 6.27. The number of anilines is 1. The molecule has 68 valence electrons. The summed E-state index contributed by atoms with van der Waals surface area (Å²) < 4.78 is 5.16. The monoisotopic (exact) mass is 175 g/mol. The van der Waals surface area contributed by atoms with E-state index in [1.807, 2.05) is 31.2 Å². The van der Waals surface area contributed by atoms with Gasteiger partial charge in [-0.15, -0.1) is 6.42 Å². The van der Waals surface area contributed by atoms with Crippen molar-refractivity contribution in [3.05, 3.63) is 24.3 Å². The van der Waals surface area contributed by atoms with Crippen LogP contribution in [0.2, 0.25) is 0 Å². The third kappa shape index (κ3) is 2.41. The van der Waals surface area contributed by atoms with Crippen LogP contribution in [0.3, 0.4) is 0 Å². The first kappa shape index (κ1) is 9.47. The van der Waals surface area contributed by atoms with Gasteiger partial charge in [-0.05, 0) is 19.1 Å². The molecule has 0 saturated carbocycles. The van der Waals surface area contributed by atoms with Crippen molar-refractivity contribution >= 4 is 5.69 Å². The Balaban J connectivity index is 2.82. The van der Waals surface area contributed by atoms with Gasteiger partial charge in [-0.1, -0.05) is 18.1 Å². The zero-order chi connectivity index (χ0) is 9.68. The van der Waals surface area contributed by atoms with Gasteiger partial charge in [0.15, 0.2) is 0 Å². The Kier molecular flexibility index (Phi) is 3.22. The molecule has 0 aliphatic heterocycles. The molecule has 0 radical (unpaired) electrons. The highest BCUT2D eigenvalue weighted by Gasteiger charge is 2.02. The minimum absolute atomic E-state index is 0.0105. The third-order valence-electron chi connectivity index (χ3n) is 1.73. The van der Waals surface area contributed by atoms with Crippen molar-refractivity contribution < 1.29 is 4.74 Å². The average Bonchev–Trinajstić information content (AvgIpc) is 2.18. The highest BCUT2D eigenvalue weighted by atomic mass is 16.5. The highest BCUT2D eigenvalue weighted by molar-refractivity contribution is 5.57. The summed E-state index contributed by atoms with van der Waals surface area (Å²) in [6.45, 7) is 1.92. The van der Waals surface area contributed by atoms with Gasteiger partial charge in [0.1, 0.15) is 5.75 Å². The summed E-state index contributed by atoms with van der Waals surface area (Å²) >= 11 is 0. The van der Waals surface area contributed by atoms with Gasteiger partial charge in [-0.3, -0.25) is 0 Å². The maximum Gasteiger partial charge on any atom is 0.141 e. The summed E-state index contributed by atoms with van der Waals surface area (Å²) in [4.78, 5) is 0. The van der Waals surface area contributed by atoms with E-state index in [1.165, 1.54) is 0 Å². The Morgan fingerprint density at radius 1 is 1.46 bits per heavy atom. The topological polar surface area (TPSA) is 21.3 Å². The Morgan fingerprint density at radius 2 is 2.15 bits per heavy atom. The van der Waals surface area contributed by atoms with Crippen molar-refractivity contribution in [2.45, 2.75) is 13.0 Å². The summed E-state index contributed by atoms with van der Waals surface area (Å²) in [6.07, 6.45) is 5.26. The summed E-state index contributed by atoms with van der Waals surface area (Å²) in [5, 5.41) is 3.15. The fourth-order valence-electron chi connectivity index (χ4n) is 1.04. The number of benzene rings is 1. The van der Waals surface area contributed by atoms with Gasteiger partial charge in [-0.25, -0.2) is 0 Å².